The lowest BCUT2D eigenvalue weighted by molar-refractivity contribution is -0.140. The molecule has 43 heavy (non-hydrogen) atoms. The molecule has 2 aliphatic heterocycles. The van der Waals surface area contributed by atoms with Crippen LogP contribution in [0.5, 0.6) is 5.75 Å². The van der Waals surface area contributed by atoms with Gasteiger partial charge in [-0.15, -0.1) is 23.2 Å². The van der Waals surface area contributed by atoms with Crippen LogP contribution in [-0.4, -0.2) is 49.9 Å². The summed E-state index contributed by atoms with van der Waals surface area (Å²) in [6.07, 6.45) is 0.900. The molecule has 3 fully saturated rings. The van der Waals surface area contributed by atoms with E-state index in [9.17, 15) is 37.5 Å². The molecule has 0 aromatic heterocycles. The fraction of sp³-hybridized carbons (Fsp3) is 0.357. The minimum Gasteiger partial charge on any atom is -0.508 e. The number of phenols is 1. The Kier molecular flexibility index (Phi) is 6.69. The number of amides is 4. The monoisotopic (exact) mass is 662 g/mol. The highest BCUT2D eigenvalue weighted by Gasteiger charge is 2.77. The second kappa shape index (κ2) is 9.64. The molecule has 4 aliphatic rings. The van der Waals surface area contributed by atoms with Crippen molar-refractivity contribution in [1.29, 1.82) is 0 Å². The van der Waals surface area contributed by atoms with Crippen molar-refractivity contribution in [2.24, 2.45) is 17.8 Å². The zero-order valence-electron chi connectivity index (χ0n) is 21.7. The zero-order chi connectivity index (χ0) is 31.5. The van der Waals surface area contributed by atoms with E-state index >= 15 is 8.78 Å². The van der Waals surface area contributed by atoms with Crippen molar-refractivity contribution in [3.05, 3.63) is 69.5 Å². The van der Waals surface area contributed by atoms with Crippen LogP contribution in [0.15, 0.2) is 29.8 Å². The average Bonchev–Trinajstić information content (AvgIpc) is 3.30. The van der Waals surface area contributed by atoms with Gasteiger partial charge in [0.05, 0.1) is 11.8 Å². The van der Waals surface area contributed by atoms with Gasteiger partial charge in [-0.05, 0) is 43.9 Å². The van der Waals surface area contributed by atoms with Gasteiger partial charge in [0.25, 0.3) is 11.8 Å². The number of allylic oxidation sites excluding steroid dienone is 2. The molecule has 4 amide bonds. The van der Waals surface area contributed by atoms with Gasteiger partial charge >= 0.3 is 0 Å². The minimum absolute atomic E-state index is 0.00114. The number of imide groups is 2. The van der Waals surface area contributed by atoms with E-state index in [0.29, 0.717) is 0 Å². The van der Waals surface area contributed by atoms with Gasteiger partial charge < -0.3 is 5.11 Å². The SMILES string of the molecule is CCN1C(=O)C2CC=C3C(CC4(Cl)C(=O)N(c5c(F)c(F)c(F)c(F)c5F)C(=O)C4(Cl)C3c3cc(Cl)ccc3O)C2C1=O. The molecule has 2 aromatic rings. The molecule has 6 rings (SSSR count). The third-order valence-corrected chi connectivity index (χ3v) is 10.6. The number of likely N-dealkylation sites (tertiary alicyclic amines) is 1. The Bertz CT molecular complexity index is 1690. The van der Waals surface area contributed by atoms with Gasteiger partial charge in [-0.1, -0.05) is 23.3 Å². The number of halogens is 8. The van der Waals surface area contributed by atoms with Crippen LogP contribution < -0.4 is 4.90 Å². The topological polar surface area (TPSA) is 95.0 Å². The van der Waals surface area contributed by atoms with Crippen molar-refractivity contribution in [3.63, 3.8) is 0 Å². The summed E-state index contributed by atoms with van der Waals surface area (Å²) in [7, 11) is 0. The van der Waals surface area contributed by atoms with E-state index in [1.807, 2.05) is 0 Å². The molecule has 2 aliphatic carbocycles. The summed E-state index contributed by atoms with van der Waals surface area (Å²) in [5, 5.41) is 10.9. The number of anilines is 1. The van der Waals surface area contributed by atoms with E-state index in [1.165, 1.54) is 18.2 Å². The Labute approximate surface area is 254 Å². The van der Waals surface area contributed by atoms with Gasteiger partial charge in [0.1, 0.15) is 11.4 Å². The van der Waals surface area contributed by atoms with Crippen molar-refractivity contribution < 1.29 is 46.2 Å². The van der Waals surface area contributed by atoms with E-state index in [2.05, 4.69) is 0 Å². The van der Waals surface area contributed by atoms with Crippen LogP contribution in [0.25, 0.3) is 0 Å². The second-order valence-corrected chi connectivity index (χ2v) is 12.5. The van der Waals surface area contributed by atoms with Crippen LogP contribution in [0.2, 0.25) is 5.02 Å². The number of benzene rings is 2. The fourth-order valence-electron chi connectivity index (χ4n) is 7.05. The highest BCUT2D eigenvalue weighted by molar-refractivity contribution is 6.58. The number of hydrogen-bond acceptors (Lipinski definition) is 5. The highest BCUT2D eigenvalue weighted by Crippen LogP contribution is 2.66. The van der Waals surface area contributed by atoms with E-state index in [0.717, 1.165) is 11.0 Å². The summed E-state index contributed by atoms with van der Waals surface area (Å²) in [4.78, 5) is 50.0. The average molecular weight is 664 g/mol. The molecule has 0 radical (unpaired) electrons. The highest BCUT2D eigenvalue weighted by atomic mass is 35.5. The number of nitrogens with zero attached hydrogens (tertiary/aromatic N) is 2. The minimum atomic E-state index is -2.74. The number of carbonyl (C=O) groups excluding carboxylic acids is 4. The van der Waals surface area contributed by atoms with Crippen molar-refractivity contribution in [2.45, 2.75) is 35.4 Å². The first-order chi connectivity index (χ1) is 20.1. The quantitative estimate of drug-likeness (QED) is 0.120. The lowest BCUT2D eigenvalue weighted by atomic mass is 9.56. The second-order valence-electron chi connectivity index (χ2n) is 10.8. The largest absolute Gasteiger partial charge is 0.508 e. The summed E-state index contributed by atoms with van der Waals surface area (Å²) in [6, 6.07) is 3.65. The van der Waals surface area contributed by atoms with Crippen LogP contribution >= 0.6 is 34.8 Å². The predicted molar refractivity (Wildman–Crippen MR) is 142 cm³/mol. The summed E-state index contributed by atoms with van der Waals surface area (Å²) in [6.45, 7) is 1.63. The summed E-state index contributed by atoms with van der Waals surface area (Å²) in [5.41, 5.74) is -1.83. The first kappa shape index (κ1) is 29.8. The first-order valence-corrected chi connectivity index (χ1v) is 14.1. The third-order valence-electron chi connectivity index (χ3n) is 8.93. The van der Waals surface area contributed by atoms with E-state index < -0.39 is 104 Å². The van der Waals surface area contributed by atoms with Crippen LogP contribution in [0.4, 0.5) is 27.6 Å². The molecule has 7 nitrogen and oxygen atoms in total. The maximum atomic E-state index is 15.0. The number of carbonyl (C=O) groups is 4. The fourth-order valence-corrected chi connectivity index (χ4v) is 8.15. The van der Waals surface area contributed by atoms with Gasteiger partial charge in [-0.2, -0.15) is 0 Å². The Morgan fingerprint density at radius 2 is 1.51 bits per heavy atom. The number of rotatable bonds is 3. The van der Waals surface area contributed by atoms with Gasteiger partial charge in [0, 0.05) is 23.0 Å². The number of phenolic OH excluding ortho intramolecular Hbond substituents is 1. The molecule has 0 bridgehead atoms. The summed E-state index contributed by atoms with van der Waals surface area (Å²) < 4.78 is 72.4. The molecule has 1 N–H and O–H groups in total. The molecular weight excluding hydrogens is 646 g/mol. The van der Waals surface area contributed by atoms with Crippen LogP contribution in [0.3, 0.4) is 0 Å². The number of hydrogen-bond donors (Lipinski definition) is 1. The van der Waals surface area contributed by atoms with Crippen LogP contribution in [0, 0.1) is 46.8 Å². The normalized spacial score (nSPS) is 31.8. The molecule has 15 heteroatoms. The van der Waals surface area contributed by atoms with Crippen LogP contribution in [0.1, 0.15) is 31.2 Å². The standard InChI is InChI=1S/C28H18Cl3F5N2O5/c1-2-37-23(40)11-5-4-10-13(15(11)24(37)41)8-27(30)25(42)38(22-20(35)18(33)17(32)19(34)21(22)36)26(43)28(27,31)16(10)12-7-9(29)3-6-14(12)39/h3-4,6-7,11,13,15-16,39H,2,5,8H2,1H3. The van der Waals surface area contributed by atoms with E-state index in [1.54, 1.807) is 6.92 Å². The van der Waals surface area contributed by atoms with E-state index in [4.69, 9.17) is 34.8 Å². The Balaban J connectivity index is 1.63. The van der Waals surface area contributed by atoms with Gasteiger partial charge in [-0.3, -0.25) is 24.1 Å². The Hall–Kier alpha value is -3.22. The lowest BCUT2D eigenvalue weighted by Gasteiger charge is -2.50. The summed E-state index contributed by atoms with van der Waals surface area (Å²) in [5.74, 6) is -21.7. The smallest absolute Gasteiger partial charge is 0.258 e. The molecule has 6 atom stereocenters. The molecule has 2 heterocycles. The molecule has 2 saturated heterocycles. The predicted octanol–water partition coefficient (Wildman–Crippen LogP) is 5.32. The Morgan fingerprint density at radius 3 is 2.12 bits per heavy atom. The molecular formula is C28H18Cl3F5N2O5. The number of aromatic hydroxyl groups is 1. The van der Waals surface area contributed by atoms with Crippen molar-refractivity contribution >= 4 is 64.1 Å². The molecule has 6 unspecified atom stereocenters. The maximum Gasteiger partial charge on any atom is 0.258 e. The number of fused-ring (bicyclic) bond motifs is 4. The van der Waals surface area contributed by atoms with Crippen molar-refractivity contribution in [1.82, 2.24) is 4.90 Å². The molecule has 226 valence electrons. The van der Waals surface area contributed by atoms with E-state index in [-0.39, 0.29) is 34.0 Å². The zero-order valence-corrected chi connectivity index (χ0v) is 24.0. The van der Waals surface area contributed by atoms with Gasteiger partial charge in [-0.25, -0.2) is 26.9 Å². The molecule has 1 saturated carbocycles. The molecule has 0 spiro atoms. The summed E-state index contributed by atoms with van der Waals surface area (Å²) >= 11 is 20.1. The molecule has 2 aromatic carbocycles. The third kappa shape index (κ3) is 3.60. The van der Waals surface area contributed by atoms with Gasteiger partial charge in [0.2, 0.25) is 17.6 Å². The van der Waals surface area contributed by atoms with Crippen LogP contribution in [-0.2, 0) is 19.2 Å². The van der Waals surface area contributed by atoms with Crippen molar-refractivity contribution in [2.75, 3.05) is 11.4 Å². The maximum absolute atomic E-state index is 15.0. The van der Waals surface area contributed by atoms with Crippen molar-refractivity contribution in [3.8, 4) is 5.75 Å². The number of alkyl halides is 2. The Morgan fingerprint density at radius 1 is 0.907 bits per heavy atom. The lowest BCUT2D eigenvalue weighted by Crippen LogP contribution is -2.60. The first-order valence-electron chi connectivity index (χ1n) is 12.9. The van der Waals surface area contributed by atoms with Gasteiger partial charge in [0.15, 0.2) is 33.0 Å².